The number of hydrogen-bond acceptors (Lipinski definition) is 3. The average Bonchev–Trinajstić information content (AvgIpc) is 3.18. The molecule has 1 radical (unpaired) electrons. The first kappa shape index (κ1) is 22.8. The zero-order chi connectivity index (χ0) is 22.1. The van der Waals surface area contributed by atoms with Gasteiger partial charge in [-0.2, -0.15) is 0 Å². The third kappa shape index (κ3) is 4.43. The number of nitrogens with zero attached hydrogens (tertiary/aromatic N) is 4. The molecular weight excluding hydrogens is 585 g/mol. The fourth-order valence-electron chi connectivity index (χ4n) is 3.90. The zero-order valence-electron chi connectivity index (χ0n) is 18.6. The summed E-state index contributed by atoms with van der Waals surface area (Å²) in [7, 11) is 0. The summed E-state index contributed by atoms with van der Waals surface area (Å²) < 4.78 is 0. The Morgan fingerprint density at radius 3 is 2.21 bits per heavy atom. The number of pyridine rings is 2. The molecule has 3 aromatic heterocycles. The molecule has 6 rings (SSSR count). The third-order valence-electron chi connectivity index (χ3n) is 5.59. The van der Waals surface area contributed by atoms with Crippen LogP contribution in [0.3, 0.4) is 0 Å². The number of fused-ring (bicyclic) bond motifs is 6. The molecule has 0 spiro atoms. The molecule has 0 N–H and O–H groups in total. The summed E-state index contributed by atoms with van der Waals surface area (Å²) in [5, 5.41) is 6.08. The number of aromatic nitrogens is 4. The molecule has 0 aliphatic carbocycles. The molecule has 6 aromatic rings. The molecule has 0 atom stereocenters. The van der Waals surface area contributed by atoms with Crippen molar-refractivity contribution >= 4 is 32.4 Å². The Hall–Kier alpha value is -3.40. The van der Waals surface area contributed by atoms with Crippen LogP contribution in [0, 0.1) is 26.8 Å². The summed E-state index contributed by atoms with van der Waals surface area (Å²) in [4.78, 5) is 17.4. The van der Waals surface area contributed by atoms with Gasteiger partial charge in [0.15, 0.2) is 0 Å². The van der Waals surface area contributed by atoms with Gasteiger partial charge in [-0.1, -0.05) is 58.6 Å². The van der Waals surface area contributed by atoms with Crippen LogP contribution in [0.4, 0.5) is 0 Å². The zero-order valence-corrected chi connectivity index (χ0v) is 21.0. The van der Waals surface area contributed by atoms with Crippen LogP contribution in [-0.4, -0.2) is 15.0 Å². The summed E-state index contributed by atoms with van der Waals surface area (Å²) in [6.45, 7) is 5.99. The van der Waals surface area contributed by atoms with Gasteiger partial charge < -0.3 is 15.0 Å². The SMILES string of the molecule is Cc1cnc2c3[c-]cccc3c3ccccc3c2c1.Cc1nc(-c2ccccn2)[n-]c1C.[Ir]. The van der Waals surface area contributed by atoms with E-state index in [0.29, 0.717) is 0 Å². The van der Waals surface area contributed by atoms with Crippen LogP contribution in [-0.2, 0) is 20.1 Å². The number of imidazole rings is 1. The van der Waals surface area contributed by atoms with Gasteiger partial charge in [-0.05, 0) is 60.6 Å². The van der Waals surface area contributed by atoms with Crippen LogP contribution >= 0.6 is 0 Å². The van der Waals surface area contributed by atoms with Crippen LogP contribution in [0.25, 0.3) is 44.0 Å². The van der Waals surface area contributed by atoms with Crippen LogP contribution in [0.2, 0.25) is 0 Å². The quantitative estimate of drug-likeness (QED) is 0.161. The molecular formula is C28H22IrN4-2. The summed E-state index contributed by atoms with van der Waals surface area (Å²) in [5.41, 5.74) is 5.01. The van der Waals surface area contributed by atoms with E-state index in [0.717, 1.165) is 33.8 Å². The predicted molar refractivity (Wildman–Crippen MR) is 131 cm³/mol. The van der Waals surface area contributed by atoms with Crippen molar-refractivity contribution in [1.82, 2.24) is 19.9 Å². The van der Waals surface area contributed by atoms with Crippen molar-refractivity contribution in [3.8, 4) is 11.5 Å². The third-order valence-corrected chi connectivity index (χ3v) is 5.59. The van der Waals surface area contributed by atoms with E-state index in [4.69, 9.17) is 0 Å². The minimum atomic E-state index is 0. The summed E-state index contributed by atoms with van der Waals surface area (Å²) in [5.74, 6) is 0.718. The number of benzene rings is 3. The topological polar surface area (TPSA) is 52.8 Å². The molecule has 5 heteroatoms. The van der Waals surface area contributed by atoms with Gasteiger partial charge in [-0.15, -0.1) is 29.7 Å². The van der Waals surface area contributed by atoms with Crippen LogP contribution in [0.15, 0.2) is 79.1 Å². The second-order valence-corrected chi connectivity index (χ2v) is 7.85. The first-order valence-electron chi connectivity index (χ1n) is 10.6. The van der Waals surface area contributed by atoms with E-state index in [1.54, 1.807) is 6.20 Å². The van der Waals surface area contributed by atoms with Crippen molar-refractivity contribution in [3.05, 3.63) is 102 Å². The van der Waals surface area contributed by atoms with Gasteiger partial charge in [0, 0.05) is 32.5 Å². The molecule has 0 aliphatic heterocycles. The standard InChI is InChI=1S/C18H12N.C10H10N3.Ir/c1-12-10-17-15-8-3-2-6-13(15)14-7-4-5-9-16(14)18(17)19-11-12;1-7-8(2)13-10(12-7)9-5-3-4-6-11-9;/h2-8,10-11H,1H3;3-6H,1-2H3;/q2*-1;. The van der Waals surface area contributed by atoms with E-state index in [1.165, 1.54) is 27.1 Å². The molecule has 0 bridgehead atoms. The maximum Gasteiger partial charge on any atom is 0.0620 e. The molecule has 4 nitrogen and oxygen atoms in total. The average molecular weight is 607 g/mol. The van der Waals surface area contributed by atoms with E-state index in [2.05, 4.69) is 69.3 Å². The number of rotatable bonds is 1. The fourth-order valence-corrected chi connectivity index (χ4v) is 3.90. The molecule has 0 aliphatic rings. The van der Waals surface area contributed by atoms with Crippen LogP contribution in [0.1, 0.15) is 17.0 Å². The Morgan fingerprint density at radius 2 is 1.52 bits per heavy atom. The normalized spacial score (nSPS) is 10.6. The Labute approximate surface area is 206 Å². The van der Waals surface area contributed by atoms with E-state index >= 15 is 0 Å². The molecule has 3 aromatic carbocycles. The van der Waals surface area contributed by atoms with Gasteiger partial charge in [-0.3, -0.25) is 4.98 Å². The number of aryl methyl sites for hydroxylation is 3. The number of hydrogen-bond donors (Lipinski definition) is 0. The Kier molecular flexibility index (Phi) is 6.64. The van der Waals surface area contributed by atoms with Crippen molar-refractivity contribution in [2.24, 2.45) is 0 Å². The monoisotopic (exact) mass is 607 g/mol. The minimum absolute atomic E-state index is 0. The van der Waals surface area contributed by atoms with E-state index in [1.807, 2.05) is 50.4 Å². The summed E-state index contributed by atoms with van der Waals surface area (Å²) in [6.07, 6.45) is 3.67. The molecule has 0 unspecified atom stereocenters. The molecule has 0 saturated heterocycles. The fraction of sp³-hybridized carbons (Fsp3) is 0.107. The van der Waals surface area contributed by atoms with Crippen molar-refractivity contribution in [2.75, 3.05) is 0 Å². The largest absolute Gasteiger partial charge is 0.438 e. The van der Waals surface area contributed by atoms with Gasteiger partial charge in [0.1, 0.15) is 0 Å². The van der Waals surface area contributed by atoms with Gasteiger partial charge in [0.05, 0.1) is 5.69 Å². The van der Waals surface area contributed by atoms with Gasteiger partial charge in [0.2, 0.25) is 0 Å². The second-order valence-electron chi connectivity index (χ2n) is 7.85. The van der Waals surface area contributed by atoms with Crippen LogP contribution < -0.4 is 4.98 Å². The maximum atomic E-state index is 4.63. The van der Waals surface area contributed by atoms with E-state index in [9.17, 15) is 0 Å². The minimum Gasteiger partial charge on any atom is -0.438 e. The molecule has 165 valence electrons. The van der Waals surface area contributed by atoms with Crippen molar-refractivity contribution in [3.63, 3.8) is 0 Å². The Balaban J connectivity index is 0.000000164. The van der Waals surface area contributed by atoms with Crippen molar-refractivity contribution in [1.29, 1.82) is 0 Å². The maximum absolute atomic E-state index is 4.63. The van der Waals surface area contributed by atoms with Gasteiger partial charge >= 0.3 is 0 Å². The smallest absolute Gasteiger partial charge is 0.0620 e. The summed E-state index contributed by atoms with van der Waals surface area (Å²) in [6, 6.07) is 25.9. The first-order chi connectivity index (χ1) is 15.6. The summed E-state index contributed by atoms with van der Waals surface area (Å²) >= 11 is 0. The van der Waals surface area contributed by atoms with Gasteiger partial charge in [0.25, 0.3) is 0 Å². The molecule has 0 fully saturated rings. The Bertz CT molecular complexity index is 1500. The van der Waals surface area contributed by atoms with Crippen molar-refractivity contribution in [2.45, 2.75) is 20.8 Å². The van der Waals surface area contributed by atoms with Crippen LogP contribution in [0.5, 0.6) is 0 Å². The first-order valence-corrected chi connectivity index (χ1v) is 10.6. The van der Waals surface area contributed by atoms with Gasteiger partial charge in [-0.25, -0.2) is 0 Å². The predicted octanol–water partition coefficient (Wildman–Crippen LogP) is 6.36. The Morgan fingerprint density at radius 1 is 0.788 bits per heavy atom. The molecule has 0 saturated carbocycles. The molecule has 33 heavy (non-hydrogen) atoms. The van der Waals surface area contributed by atoms with E-state index < -0.39 is 0 Å². The van der Waals surface area contributed by atoms with Crippen molar-refractivity contribution < 1.29 is 20.1 Å². The van der Waals surface area contributed by atoms with E-state index in [-0.39, 0.29) is 20.1 Å². The molecule has 0 amide bonds. The second kappa shape index (κ2) is 9.62. The molecule has 3 heterocycles.